The van der Waals surface area contributed by atoms with E-state index in [1.807, 2.05) is 0 Å². The largest absolute Gasteiger partial charge is 0.327 e. The van der Waals surface area contributed by atoms with Crippen LogP contribution in [0.4, 0.5) is 0 Å². The van der Waals surface area contributed by atoms with Gasteiger partial charge in [-0.2, -0.15) is 0 Å². The first-order valence-electron chi connectivity index (χ1n) is 4.01. The molecule has 1 nitrogen and oxygen atoms in total. The van der Waals surface area contributed by atoms with Crippen LogP contribution in [-0.2, 0) is 0 Å². The Bertz CT molecular complexity index is 71.3. The van der Waals surface area contributed by atoms with E-state index in [1.54, 1.807) is 0 Å². The van der Waals surface area contributed by atoms with E-state index in [1.165, 1.54) is 38.4 Å². The highest BCUT2D eigenvalue weighted by atomic mass is 28.2. The van der Waals surface area contributed by atoms with Crippen LogP contribution in [-0.4, -0.2) is 27.3 Å². The summed E-state index contributed by atoms with van der Waals surface area (Å²) in [5.41, 5.74) is 0. The van der Waals surface area contributed by atoms with Gasteiger partial charge in [-0.25, -0.2) is 0 Å². The minimum absolute atomic E-state index is 0.740. The molecule has 1 rings (SSSR count). The van der Waals surface area contributed by atoms with Crippen LogP contribution in [0, 0.1) is 0 Å². The average molecular weight is 142 g/mol. The van der Waals surface area contributed by atoms with Gasteiger partial charge in [0, 0.05) is 0 Å². The summed E-state index contributed by atoms with van der Waals surface area (Å²) in [4.78, 5) is 0. The summed E-state index contributed by atoms with van der Waals surface area (Å²) in [7, 11) is 0.740. The van der Waals surface area contributed by atoms with Crippen LogP contribution in [0.1, 0.15) is 26.2 Å². The van der Waals surface area contributed by atoms with Crippen molar-refractivity contribution in [3.05, 3.63) is 0 Å². The number of hydrogen-bond donors (Lipinski definition) is 0. The predicted octanol–water partition coefficient (Wildman–Crippen LogP) is 1.26. The number of unbranched alkanes of at least 4 members (excludes halogenated alkanes) is 2. The summed E-state index contributed by atoms with van der Waals surface area (Å²) in [6.07, 6.45) is 4.22. The van der Waals surface area contributed by atoms with Gasteiger partial charge in [-0.05, 0) is 25.6 Å². The molecule has 53 valence electrons. The van der Waals surface area contributed by atoms with E-state index in [0.29, 0.717) is 0 Å². The Morgan fingerprint density at radius 3 is 2.67 bits per heavy atom. The second-order valence-electron chi connectivity index (χ2n) is 2.71. The Balaban J connectivity index is 1.80. The highest BCUT2D eigenvalue weighted by Gasteiger charge is 2.12. The molecule has 9 heavy (non-hydrogen) atoms. The normalized spacial score (nSPS) is 19.7. The lowest BCUT2D eigenvalue weighted by Gasteiger charge is -2.29. The molecule has 0 spiro atoms. The zero-order chi connectivity index (χ0) is 6.53. The lowest BCUT2D eigenvalue weighted by Crippen LogP contribution is -2.40. The molecular formula is C7H16NSi. The molecule has 2 heteroatoms. The van der Waals surface area contributed by atoms with Gasteiger partial charge < -0.3 is 4.57 Å². The van der Waals surface area contributed by atoms with Crippen molar-refractivity contribution in [1.29, 1.82) is 0 Å². The lowest BCUT2D eigenvalue weighted by molar-refractivity contribution is 0.401. The van der Waals surface area contributed by atoms with Crippen molar-refractivity contribution in [3.63, 3.8) is 0 Å². The molecule has 0 amide bonds. The number of hydrogen-bond acceptors (Lipinski definition) is 1. The molecule has 0 aromatic carbocycles. The smallest absolute Gasteiger partial charge is 0.117 e. The predicted molar refractivity (Wildman–Crippen MR) is 43.1 cm³/mol. The van der Waals surface area contributed by atoms with Gasteiger partial charge in [0.1, 0.15) is 9.68 Å². The topological polar surface area (TPSA) is 3.24 Å². The van der Waals surface area contributed by atoms with Gasteiger partial charge in [-0.15, -0.1) is 0 Å². The first kappa shape index (κ1) is 7.29. The fourth-order valence-corrected chi connectivity index (χ4v) is 2.07. The monoisotopic (exact) mass is 142 g/mol. The van der Waals surface area contributed by atoms with Crippen LogP contribution in [0.15, 0.2) is 0 Å². The van der Waals surface area contributed by atoms with Crippen molar-refractivity contribution in [3.8, 4) is 0 Å². The molecule has 0 bridgehead atoms. The van der Waals surface area contributed by atoms with Crippen LogP contribution < -0.4 is 0 Å². The van der Waals surface area contributed by atoms with E-state index in [-0.39, 0.29) is 0 Å². The summed E-state index contributed by atoms with van der Waals surface area (Å²) in [5.74, 6) is 0. The fraction of sp³-hybridized carbons (Fsp3) is 1.00. The molecule has 0 saturated carbocycles. The van der Waals surface area contributed by atoms with Crippen LogP contribution in [0.2, 0.25) is 6.04 Å². The maximum absolute atomic E-state index is 2.62. The second-order valence-corrected chi connectivity index (χ2v) is 4.39. The van der Waals surface area contributed by atoms with Crippen LogP contribution in [0.3, 0.4) is 0 Å². The van der Waals surface area contributed by atoms with Gasteiger partial charge in [-0.3, -0.25) is 0 Å². The summed E-state index contributed by atoms with van der Waals surface area (Å²) >= 11 is 0. The van der Waals surface area contributed by atoms with Gasteiger partial charge in [0.05, 0.1) is 0 Å². The maximum Gasteiger partial charge on any atom is 0.117 e. The standard InChI is InChI=1S/C7H16NSi/c1-2-3-4-5-8-6-7-9-8/h9H,2-7H2,1H3. The summed E-state index contributed by atoms with van der Waals surface area (Å²) < 4.78 is 2.62. The first-order chi connectivity index (χ1) is 4.43. The Morgan fingerprint density at radius 2 is 2.22 bits per heavy atom. The number of rotatable bonds is 4. The molecule has 1 saturated heterocycles. The molecule has 1 aliphatic heterocycles. The molecule has 0 unspecified atom stereocenters. The molecule has 0 aromatic heterocycles. The summed E-state index contributed by atoms with van der Waals surface area (Å²) in [6.45, 7) is 5.06. The second kappa shape index (κ2) is 4.07. The Kier molecular flexibility index (Phi) is 3.29. The number of nitrogens with zero attached hydrogens (tertiary/aromatic N) is 1. The molecule has 0 N–H and O–H groups in total. The Labute approximate surface area is 60.3 Å². The van der Waals surface area contributed by atoms with E-state index >= 15 is 0 Å². The van der Waals surface area contributed by atoms with Gasteiger partial charge in [0.2, 0.25) is 0 Å². The third-order valence-electron chi connectivity index (χ3n) is 1.85. The van der Waals surface area contributed by atoms with Crippen molar-refractivity contribution in [1.82, 2.24) is 4.57 Å². The summed E-state index contributed by atoms with van der Waals surface area (Å²) in [5, 5.41) is 0. The van der Waals surface area contributed by atoms with Gasteiger partial charge >= 0.3 is 0 Å². The zero-order valence-electron chi connectivity index (χ0n) is 6.27. The molecule has 1 radical (unpaired) electrons. The molecular weight excluding hydrogens is 126 g/mol. The molecule has 1 aliphatic rings. The SMILES string of the molecule is CCCCCN1CC[SiH]1. The average Bonchev–Trinajstić information content (AvgIpc) is 1.76. The maximum atomic E-state index is 2.62. The third-order valence-corrected chi connectivity index (χ3v) is 3.40. The molecule has 0 aliphatic carbocycles. The summed E-state index contributed by atoms with van der Waals surface area (Å²) in [6, 6.07) is 1.52. The molecule has 1 fully saturated rings. The van der Waals surface area contributed by atoms with Crippen molar-refractivity contribution >= 4 is 9.68 Å². The molecule has 0 aromatic rings. The van der Waals surface area contributed by atoms with Crippen molar-refractivity contribution in [2.45, 2.75) is 32.2 Å². The molecule has 1 heterocycles. The highest BCUT2D eigenvalue weighted by Crippen LogP contribution is 2.05. The zero-order valence-corrected chi connectivity index (χ0v) is 7.42. The van der Waals surface area contributed by atoms with Crippen LogP contribution in [0.5, 0.6) is 0 Å². The van der Waals surface area contributed by atoms with Crippen LogP contribution >= 0.6 is 0 Å². The van der Waals surface area contributed by atoms with E-state index < -0.39 is 0 Å². The van der Waals surface area contributed by atoms with E-state index in [9.17, 15) is 0 Å². The fourth-order valence-electron chi connectivity index (χ4n) is 1.08. The Hall–Kier alpha value is 0.177. The first-order valence-corrected chi connectivity index (χ1v) is 5.34. The molecule has 0 atom stereocenters. The van der Waals surface area contributed by atoms with E-state index in [4.69, 9.17) is 0 Å². The van der Waals surface area contributed by atoms with Crippen molar-refractivity contribution in [2.24, 2.45) is 0 Å². The van der Waals surface area contributed by atoms with Crippen molar-refractivity contribution in [2.75, 3.05) is 13.1 Å². The minimum atomic E-state index is 0.740. The van der Waals surface area contributed by atoms with Gasteiger partial charge in [-0.1, -0.05) is 19.8 Å². The lowest BCUT2D eigenvalue weighted by atomic mass is 10.2. The van der Waals surface area contributed by atoms with Crippen molar-refractivity contribution < 1.29 is 0 Å². The van der Waals surface area contributed by atoms with Gasteiger partial charge in [0.25, 0.3) is 0 Å². The third kappa shape index (κ3) is 2.50. The van der Waals surface area contributed by atoms with Gasteiger partial charge in [0.15, 0.2) is 0 Å². The quantitative estimate of drug-likeness (QED) is 0.422. The minimum Gasteiger partial charge on any atom is -0.327 e. The van der Waals surface area contributed by atoms with E-state index in [2.05, 4.69) is 11.5 Å². The highest BCUT2D eigenvalue weighted by molar-refractivity contribution is 6.35. The van der Waals surface area contributed by atoms with E-state index in [0.717, 1.165) is 9.68 Å². The van der Waals surface area contributed by atoms with Crippen LogP contribution in [0.25, 0.3) is 0 Å². The Morgan fingerprint density at radius 1 is 1.44 bits per heavy atom.